The van der Waals surface area contributed by atoms with Crippen molar-refractivity contribution in [3.05, 3.63) is 40.4 Å². The highest BCUT2D eigenvalue weighted by Gasteiger charge is 2.50. The summed E-state index contributed by atoms with van der Waals surface area (Å²) in [5, 5.41) is 0. The molecule has 1 aromatic rings. The Hall–Kier alpha value is -1.28. The molecule has 2 heterocycles. The Morgan fingerprint density at radius 1 is 1.09 bits per heavy atom. The topological polar surface area (TPSA) is 25.7 Å². The van der Waals surface area contributed by atoms with Gasteiger partial charge in [0.05, 0.1) is 18.0 Å². The highest BCUT2D eigenvalue weighted by Crippen LogP contribution is 2.43. The minimum absolute atomic E-state index is 0.119. The van der Waals surface area contributed by atoms with Crippen LogP contribution in [0.4, 0.5) is 0 Å². The maximum atomic E-state index is 5.96. The molecule has 2 unspecified atom stereocenters. The molecule has 1 aliphatic carbocycles. The Kier molecular flexibility index (Phi) is 4.31. The zero-order chi connectivity index (χ0) is 15.7. The molecule has 1 saturated heterocycles. The average molecular weight is 300 g/mol. The zero-order valence-electron chi connectivity index (χ0n) is 14.4. The van der Waals surface area contributed by atoms with Crippen molar-refractivity contribution in [1.82, 2.24) is 0 Å². The monoisotopic (exact) mass is 300 g/mol. The second-order valence-corrected chi connectivity index (χ2v) is 7.30. The third-order valence-corrected chi connectivity index (χ3v) is 5.25. The molecular weight excluding hydrogens is 272 g/mol. The molecule has 2 nitrogen and oxygen atoms in total. The van der Waals surface area contributed by atoms with E-state index in [1.165, 1.54) is 22.3 Å². The quantitative estimate of drug-likeness (QED) is 0.460. The van der Waals surface area contributed by atoms with Gasteiger partial charge in [0.15, 0.2) is 0 Å². The largest absolute Gasteiger partial charge is 0.464 e. The summed E-state index contributed by atoms with van der Waals surface area (Å²) < 4.78 is 11.7. The van der Waals surface area contributed by atoms with Crippen LogP contribution in [0.5, 0.6) is 0 Å². The molecule has 1 aliphatic heterocycles. The number of furan rings is 1. The molecule has 22 heavy (non-hydrogen) atoms. The van der Waals surface area contributed by atoms with E-state index in [2.05, 4.69) is 39.8 Å². The van der Waals surface area contributed by atoms with E-state index < -0.39 is 0 Å². The van der Waals surface area contributed by atoms with Gasteiger partial charge in [-0.25, -0.2) is 0 Å². The first-order valence-electron chi connectivity index (χ1n) is 8.55. The van der Waals surface area contributed by atoms with Gasteiger partial charge in [-0.3, -0.25) is 0 Å². The zero-order valence-corrected chi connectivity index (χ0v) is 14.4. The molecular formula is C20H28O2. The molecule has 0 radical (unpaired) electrons. The van der Waals surface area contributed by atoms with Crippen LogP contribution in [0.25, 0.3) is 6.08 Å². The van der Waals surface area contributed by atoms with Gasteiger partial charge < -0.3 is 9.15 Å². The van der Waals surface area contributed by atoms with Gasteiger partial charge in [-0.15, -0.1) is 0 Å². The van der Waals surface area contributed by atoms with Crippen LogP contribution in [0.2, 0.25) is 0 Å². The third-order valence-electron chi connectivity index (χ3n) is 5.25. The summed E-state index contributed by atoms with van der Waals surface area (Å²) in [4.78, 5) is 0. The summed E-state index contributed by atoms with van der Waals surface area (Å²) in [7, 11) is 0. The van der Waals surface area contributed by atoms with Crippen LogP contribution in [0.3, 0.4) is 0 Å². The molecule has 0 saturated carbocycles. The van der Waals surface area contributed by atoms with Gasteiger partial charge in [0, 0.05) is 5.56 Å². The molecule has 0 spiro atoms. The van der Waals surface area contributed by atoms with Gasteiger partial charge in [0.2, 0.25) is 0 Å². The molecule has 3 rings (SSSR count). The molecule has 2 atom stereocenters. The highest BCUT2D eigenvalue weighted by atomic mass is 16.6. The fourth-order valence-corrected chi connectivity index (χ4v) is 3.49. The van der Waals surface area contributed by atoms with Gasteiger partial charge in [0.1, 0.15) is 5.76 Å². The lowest BCUT2D eigenvalue weighted by Crippen LogP contribution is -2.09. The lowest BCUT2D eigenvalue weighted by molar-refractivity contribution is 0.295. The van der Waals surface area contributed by atoms with Crippen LogP contribution < -0.4 is 0 Å². The van der Waals surface area contributed by atoms with E-state index in [0.717, 1.165) is 44.3 Å². The van der Waals surface area contributed by atoms with Crippen LogP contribution in [-0.4, -0.2) is 11.7 Å². The molecule has 0 N–H and O–H groups in total. The summed E-state index contributed by atoms with van der Waals surface area (Å²) >= 11 is 0. The maximum Gasteiger partial charge on any atom is 0.130 e. The normalized spacial score (nSPS) is 29.7. The maximum absolute atomic E-state index is 5.96. The summed E-state index contributed by atoms with van der Waals surface area (Å²) in [6.45, 7) is 8.87. The van der Waals surface area contributed by atoms with E-state index in [0.29, 0.717) is 6.10 Å². The van der Waals surface area contributed by atoms with Crippen molar-refractivity contribution in [3.63, 3.8) is 0 Å². The van der Waals surface area contributed by atoms with Gasteiger partial charge in [-0.1, -0.05) is 17.2 Å². The highest BCUT2D eigenvalue weighted by molar-refractivity contribution is 5.53. The molecule has 2 heteroatoms. The summed E-state index contributed by atoms with van der Waals surface area (Å²) in [5.41, 5.74) is 5.63. The van der Waals surface area contributed by atoms with E-state index in [-0.39, 0.29) is 5.60 Å². The molecule has 120 valence electrons. The second-order valence-electron chi connectivity index (χ2n) is 7.30. The minimum Gasteiger partial charge on any atom is -0.464 e. The molecule has 0 aromatic carbocycles. The standard InChI is InChI=1S/C20H28O2/c1-14-6-5-11-20(4)19(22-20)10-8-15(2)12-18-17(9-7-14)16(3)13-21-18/h6,12-13,19H,5,7-11H2,1-4H3. The fraction of sp³-hybridized carbons (Fsp3) is 0.600. The van der Waals surface area contributed by atoms with E-state index in [4.69, 9.17) is 9.15 Å². The van der Waals surface area contributed by atoms with Crippen molar-refractivity contribution >= 4 is 6.08 Å². The number of aryl methyl sites for hydroxylation is 1. The summed E-state index contributed by atoms with van der Waals surface area (Å²) in [6.07, 6.45) is 13.6. The Bertz CT molecular complexity index is 605. The Morgan fingerprint density at radius 2 is 1.91 bits per heavy atom. The van der Waals surface area contributed by atoms with E-state index in [1.54, 1.807) is 0 Å². The number of epoxide rings is 1. The predicted molar refractivity (Wildman–Crippen MR) is 90.9 cm³/mol. The van der Waals surface area contributed by atoms with Crippen LogP contribution in [0.1, 0.15) is 69.8 Å². The van der Waals surface area contributed by atoms with Crippen LogP contribution in [0, 0.1) is 6.92 Å². The molecule has 1 fully saturated rings. The van der Waals surface area contributed by atoms with Crippen molar-refractivity contribution < 1.29 is 9.15 Å². The Morgan fingerprint density at radius 3 is 2.73 bits per heavy atom. The Balaban J connectivity index is 1.83. The molecule has 0 bridgehead atoms. The SMILES string of the molecule is CC1=CCCC2(C)OC2CCC(C)=Cc2occ(C)c2CC1. The summed E-state index contributed by atoms with van der Waals surface area (Å²) in [5.74, 6) is 1.05. The van der Waals surface area contributed by atoms with E-state index >= 15 is 0 Å². The Labute approximate surface area is 134 Å². The van der Waals surface area contributed by atoms with Crippen molar-refractivity contribution in [2.75, 3.05) is 0 Å². The number of allylic oxidation sites excluding steroid dienone is 3. The van der Waals surface area contributed by atoms with E-state index in [1.807, 2.05) is 6.26 Å². The number of rotatable bonds is 0. The van der Waals surface area contributed by atoms with Gasteiger partial charge in [-0.2, -0.15) is 0 Å². The van der Waals surface area contributed by atoms with Gasteiger partial charge >= 0.3 is 0 Å². The van der Waals surface area contributed by atoms with Gasteiger partial charge in [-0.05, 0) is 77.9 Å². The summed E-state index contributed by atoms with van der Waals surface area (Å²) in [6, 6.07) is 0. The first kappa shape index (κ1) is 15.6. The van der Waals surface area contributed by atoms with Gasteiger partial charge in [0.25, 0.3) is 0 Å². The van der Waals surface area contributed by atoms with Crippen LogP contribution in [-0.2, 0) is 11.2 Å². The lowest BCUT2D eigenvalue weighted by atomic mass is 9.94. The van der Waals surface area contributed by atoms with Crippen LogP contribution >= 0.6 is 0 Å². The first-order chi connectivity index (χ1) is 10.5. The van der Waals surface area contributed by atoms with E-state index in [9.17, 15) is 0 Å². The third kappa shape index (κ3) is 3.38. The lowest BCUT2D eigenvalue weighted by Gasteiger charge is -2.08. The number of hydrogen-bond donors (Lipinski definition) is 0. The number of fused-ring (bicyclic) bond motifs is 2. The number of hydrogen-bond acceptors (Lipinski definition) is 2. The molecule has 1 aromatic heterocycles. The van der Waals surface area contributed by atoms with Crippen molar-refractivity contribution in [3.8, 4) is 0 Å². The van der Waals surface area contributed by atoms with Crippen LogP contribution in [0.15, 0.2) is 27.9 Å². The fourth-order valence-electron chi connectivity index (χ4n) is 3.49. The van der Waals surface area contributed by atoms with Crippen molar-refractivity contribution in [2.24, 2.45) is 0 Å². The number of ether oxygens (including phenoxy) is 1. The molecule has 2 aliphatic rings. The average Bonchev–Trinajstić information content (AvgIpc) is 2.98. The molecule has 0 amide bonds. The predicted octanol–water partition coefficient (Wildman–Crippen LogP) is 5.60. The van der Waals surface area contributed by atoms with Crippen molar-refractivity contribution in [2.45, 2.75) is 77.9 Å². The minimum atomic E-state index is 0.119. The van der Waals surface area contributed by atoms with Crippen molar-refractivity contribution in [1.29, 1.82) is 0 Å². The smallest absolute Gasteiger partial charge is 0.130 e. The second kappa shape index (κ2) is 6.08. The first-order valence-corrected chi connectivity index (χ1v) is 8.55.